The Morgan fingerprint density at radius 2 is 1.57 bits per heavy atom. The molecule has 8 rings (SSSR count). The monoisotopic (exact) mass is 933 g/mol. The zero-order valence-electron chi connectivity index (χ0n) is 39.5. The number of carbonyl (C=O) groups is 5. The second-order valence-electron chi connectivity index (χ2n) is 18.7. The number of hydrogen-bond donors (Lipinski definition) is 5. The number of aromatic amines is 1. The van der Waals surface area contributed by atoms with Crippen molar-refractivity contribution in [2.45, 2.75) is 121 Å². The largest absolute Gasteiger partial charge is 0.465 e. The molecule has 0 unspecified atom stereocenters. The molecule has 17 heteroatoms. The molecule has 68 heavy (non-hydrogen) atoms. The average Bonchev–Trinajstić information content (AvgIpc) is 4.20. The fourth-order valence-electron chi connectivity index (χ4n) is 10.9. The number of fused-ring (bicyclic) bond motifs is 3. The molecule has 3 aromatic carbocycles. The fraction of sp³-hybridized carbons (Fsp3) is 0.490. The van der Waals surface area contributed by atoms with Gasteiger partial charge in [-0.3, -0.25) is 14.5 Å². The summed E-state index contributed by atoms with van der Waals surface area (Å²) < 4.78 is 17.2. The van der Waals surface area contributed by atoms with Gasteiger partial charge in [-0.2, -0.15) is 0 Å². The number of unbranched alkanes of at least 4 members (excludes halogenated alkanes) is 2. The maximum absolute atomic E-state index is 14.8. The minimum atomic E-state index is -1.26. The van der Waals surface area contributed by atoms with Crippen molar-refractivity contribution in [1.29, 1.82) is 0 Å². The number of aromatic nitrogens is 2. The molecule has 0 saturated carbocycles. The molecule has 5 N–H and O–H groups in total. The predicted octanol–water partition coefficient (Wildman–Crippen LogP) is 8.56. The summed E-state index contributed by atoms with van der Waals surface area (Å²) in [5.74, 6) is -1.66. The van der Waals surface area contributed by atoms with Crippen LogP contribution < -0.4 is 15.5 Å². The minimum Gasteiger partial charge on any atom is -0.465 e. The number of methoxy groups -OCH3 is 1. The van der Waals surface area contributed by atoms with Gasteiger partial charge in [0.1, 0.15) is 24.1 Å². The van der Waals surface area contributed by atoms with Crippen LogP contribution in [-0.2, 0) is 29.2 Å². The fourth-order valence-corrected chi connectivity index (χ4v) is 10.9. The molecule has 0 bridgehead atoms. The van der Waals surface area contributed by atoms with Gasteiger partial charge in [-0.15, -0.1) is 0 Å². The molecule has 3 aliphatic heterocycles. The van der Waals surface area contributed by atoms with Crippen molar-refractivity contribution < 1.29 is 48.4 Å². The van der Waals surface area contributed by atoms with E-state index in [9.17, 15) is 34.2 Å². The summed E-state index contributed by atoms with van der Waals surface area (Å²) >= 11 is 0. The molecule has 3 fully saturated rings. The Morgan fingerprint density at radius 3 is 2.21 bits per heavy atom. The number of amides is 5. The van der Waals surface area contributed by atoms with Crippen LogP contribution in [0.5, 0.6) is 0 Å². The lowest BCUT2D eigenvalue weighted by molar-refractivity contribution is -0.153. The van der Waals surface area contributed by atoms with Crippen LogP contribution in [0.3, 0.4) is 0 Å². The lowest BCUT2D eigenvalue weighted by Crippen LogP contribution is -2.53. The summed E-state index contributed by atoms with van der Waals surface area (Å²) in [5.41, 5.74) is 6.34. The highest BCUT2D eigenvalue weighted by Crippen LogP contribution is 2.56. The van der Waals surface area contributed by atoms with E-state index in [1.165, 1.54) is 16.9 Å². The number of hydrogen-bond acceptors (Lipinski definition) is 9. The van der Waals surface area contributed by atoms with Crippen LogP contribution in [0.1, 0.15) is 120 Å². The van der Waals surface area contributed by atoms with Crippen molar-refractivity contribution in [1.82, 2.24) is 30.4 Å². The van der Waals surface area contributed by atoms with Gasteiger partial charge in [-0.25, -0.2) is 19.4 Å². The molecule has 4 aliphatic rings. The molecule has 3 saturated heterocycles. The molecule has 17 nitrogen and oxygen atoms in total. The van der Waals surface area contributed by atoms with Gasteiger partial charge in [0.05, 0.1) is 44.8 Å². The quantitative estimate of drug-likeness (QED) is 0.0717. The number of carboxylic acid groups (broad SMARTS) is 2. The third-order valence-electron chi connectivity index (χ3n) is 14.2. The first-order valence-corrected chi connectivity index (χ1v) is 23.9. The van der Waals surface area contributed by atoms with Crippen LogP contribution in [0, 0.1) is 5.92 Å². The first-order chi connectivity index (χ1) is 32.7. The van der Waals surface area contributed by atoms with Crippen LogP contribution in [0.15, 0.2) is 72.9 Å². The van der Waals surface area contributed by atoms with Crippen LogP contribution in [-0.4, -0.2) is 111 Å². The van der Waals surface area contributed by atoms with E-state index in [1.54, 1.807) is 47.5 Å². The summed E-state index contributed by atoms with van der Waals surface area (Å²) in [4.78, 5) is 79.4. The van der Waals surface area contributed by atoms with Gasteiger partial charge < -0.3 is 49.8 Å². The third-order valence-corrected chi connectivity index (χ3v) is 14.2. The summed E-state index contributed by atoms with van der Waals surface area (Å²) in [6.07, 6.45) is 4.26. The van der Waals surface area contributed by atoms with Crippen molar-refractivity contribution in [3.63, 3.8) is 0 Å². The van der Waals surface area contributed by atoms with Crippen LogP contribution in [0.2, 0.25) is 0 Å². The Hall–Kier alpha value is -6.46. The zero-order chi connectivity index (χ0) is 48.3. The van der Waals surface area contributed by atoms with E-state index < -0.39 is 53.6 Å². The molecule has 4 aromatic rings. The molecule has 0 radical (unpaired) electrons. The molecule has 1 spiro atoms. The molecule has 1 aliphatic carbocycles. The van der Waals surface area contributed by atoms with Crippen LogP contribution in [0.25, 0.3) is 22.4 Å². The first-order valence-electron chi connectivity index (χ1n) is 23.9. The van der Waals surface area contributed by atoms with Gasteiger partial charge in [-0.1, -0.05) is 102 Å². The number of alkyl carbamates (subject to hydrolysis) is 1. The minimum absolute atomic E-state index is 0.0404. The van der Waals surface area contributed by atoms with Crippen molar-refractivity contribution in [2.24, 2.45) is 5.92 Å². The van der Waals surface area contributed by atoms with E-state index in [2.05, 4.69) is 47.7 Å². The highest BCUT2D eigenvalue weighted by atomic mass is 16.7. The number of anilines is 1. The molecule has 362 valence electrons. The maximum atomic E-state index is 14.8. The third kappa shape index (κ3) is 9.12. The molecule has 5 amide bonds. The Balaban J connectivity index is 1.17. The number of likely N-dealkylation sites (tertiary alicyclic amines) is 2. The SMILES string of the molecule is CCCCC1(CCCC)c2cc(-c3cnc([C@@H]4CCCN4C(=O)[C@@H](NC(=O)O)C(C)C)[nH]3)ccc2-c2ccc(N(C(=O)O)[C@H]3CC4(CN3C(=O)[C@H](NC(=O)OC)c3ccccc3)OCCO4)cc21. The number of rotatable bonds is 16. The summed E-state index contributed by atoms with van der Waals surface area (Å²) in [7, 11) is 1.22. The summed E-state index contributed by atoms with van der Waals surface area (Å²) in [6, 6.07) is 18.5. The van der Waals surface area contributed by atoms with Gasteiger partial charge >= 0.3 is 18.3 Å². The second kappa shape index (κ2) is 20.0. The smallest absolute Gasteiger partial charge is 0.413 e. The Bertz CT molecular complexity index is 2500. The number of benzene rings is 3. The Labute approximate surface area is 396 Å². The second-order valence-corrected chi connectivity index (χ2v) is 18.7. The molecule has 4 atom stereocenters. The number of nitrogens with zero attached hydrogens (tertiary/aromatic N) is 4. The molecule has 4 heterocycles. The maximum Gasteiger partial charge on any atom is 0.413 e. The Kier molecular flexibility index (Phi) is 14.1. The number of nitrogens with one attached hydrogen (secondary N) is 3. The van der Waals surface area contributed by atoms with Gasteiger partial charge in [0.25, 0.3) is 5.91 Å². The van der Waals surface area contributed by atoms with Gasteiger partial charge in [-0.05, 0) is 83.2 Å². The van der Waals surface area contributed by atoms with E-state index in [4.69, 9.17) is 19.2 Å². The highest BCUT2D eigenvalue weighted by Gasteiger charge is 2.55. The normalized spacial score (nSPS) is 19.7. The number of carbonyl (C=O) groups excluding carboxylic acids is 3. The topological polar surface area (TPSA) is 216 Å². The molecular formula is C51H63N7O10. The summed E-state index contributed by atoms with van der Waals surface area (Å²) in [6.45, 7) is 8.98. The number of H-pyrrole nitrogens is 1. The van der Waals surface area contributed by atoms with Crippen molar-refractivity contribution in [3.05, 3.63) is 95.4 Å². The summed E-state index contributed by atoms with van der Waals surface area (Å²) in [5, 5.41) is 25.8. The van der Waals surface area contributed by atoms with Gasteiger partial charge in [0.15, 0.2) is 5.79 Å². The standard InChI is InChI=1S/C51H63N7O10/c1-6-8-21-50(22-9-7-2)37-26-33(39-29-52-44(53-39)40-16-13-23-56(40)45(59)42(31(3)4)54-47(61)62)17-19-35(37)36-20-18-34(27-38(36)50)58(49(64)65)41-28-51(67-24-25-68-51)30-57(41)46(60)43(55-48(63)66-5)32-14-11-10-12-15-32/h10-12,14-15,17-20,26-27,29,31,40-43,54H,6-9,13,16,21-25,28,30H2,1-5H3,(H,52,53)(H,55,63)(H,61,62)(H,64,65)/t40-,41-,42-,43+/m0/s1. The van der Waals surface area contributed by atoms with E-state index >= 15 is 0 Å². The zero-order valence-corrected chi connectivity index (χ0v) is 39.5. The van der Waals surface area contributed by atoms with Gasteiger partial charge in [0.2, 0.25) is 5.91 Å². The van der Waals surface area contributed by atoms with Gasteiger partial charge in [0, 0.05) is 24.1 Å². The number of imidazole rings is 1. The van der Waals surface area contributed by atoms with E-state index in [0.29, 0.717) is 30.0 Å². The van der Waals surface area contributed by atoms with Crippen molar-refractivity contribution >= 4 is 35.8 Å². The van der Waals surface area contributed by atoms with E-state index in [0.717, 1.165) is 78.5 Å². The van der Waals surface area contributed by atoms with Crippen molar-refractivity contribution in [2.75, 3.05) is 38.3 Å². The first kappa shape index (κ1) is 48.0. The lowest BCUT2D eigenvalue weighted by Gasteiger charge is -2.36. The number of ether oxygens (including phenoxy) is 3. The highest BCUT2D eigenvalue weighted by molar-refractivity contribution is 5.93. The van der Waals surface area contributed by atoms with Crippen LogP contribution >= 0.6 is 0 Å². The van der Waals surface area contributed by atoms with E-state index in [-0.39, 0.29) is 44.0 Å². The van der Waals surface area contributed by atoms with Crippen molar-refractivity contribution in [3.8, 4) is 22.4 Å². The average molecular weight is 934 g/mol. The molecular weight excluding hydrogens is 871 g/mol. The molecule has 1 aromatic heterocycles. The van der Waals surface area contributed by atoms with E-state index in [1.807, 2.05) is 26.0 Å². The van der Waals surface area contributed by atoms with Crippen LogP contribution in [0.4, 0.5) is 20.1 Å². The Morgan fingerprint density at radius 1 is 0.897 bits per heavy atom. The predicted molar refractivity (Wildman–Crippen MR) is 253 cm³/mol. The lowest BCUT2D eigenvalue weighted by atomic mass is 9.70.